The van der Waals surface area contributed by atoms with E-state index in [-0.39, 0.29) is 5.69 Å². The third-order valence-electron chi connectivity index (χ3n) is 2.43. The molecule has 2 aromatic rings. The number of amides is 2. The molecule has 116 valence electrons. The second kappa shape index (κ2) is 6.57. The normalized spacial score (nSPS) is 10.9. The molecular weight excluding hydrogens is 302 g/mol. The molecule has 22 heavy (non-hydrogen) atoms. The second-order valence-electron chi connectivity index (χ2n) is 5.48. The molecular formula is C15H17N3O3S. The van der Waals surface area contributed by atoms with Gasteiger partial charge in [0.05, 0.1) is 0 Å². The number of carbonyl (C=O) groups excluding carboxylic acids is 2. The van der Waals surface area contributed by atoms with E-state index >= 15 is 0 Å². The van der Waals surface area contributed by atoms with E-state index in [9.17, 15) is 9.59 Å². The number of hydrazine groups is 1. The average Bonchev–Trinajstić information content (AvgIpc) is 2.94. The summed E-state index contributed by atoms with van der Waals surface area (Å²) in [6, 6.07) is 9.55. The zero-order valence-electron chi connectivity index (χ0n) is 12.5. The van der Waals surface area contributed by atoms with Crippen LogP contribution in [0.5, 0.6) is 0 Å². The number of benzene rings is 1. The lowest BCUT2D eigenvalue weighted by molar-refractivity contribution is 0.0483. The van der Waals surface area contributed by atoms with Crippen molar-refractivity contribution in [3.63, 3.8) is 0 Å². The van der Waals surface area contributed by atoms with E-state index in [1.54, 1.807) is 26.2 Å². The lowest BCUT2D eigenvalue weighted by Gasteiger charge is -2.19. The number of hydrogen-bond acceptors (Lipinski definition) is 5. The molecule has 0 aliphatic rings. The maximum Gasteiger partial charge on any atom is 0.426 e. The predicted octanol–water partition coefficient (Wildman–Crippen LogP) is 2.98. The van der Waals surface area contributed by atoms with Gasteiger partial charge in [0, 0.05) is 10.9 Å². The Morgan fingerprint density at radius 2 is 1.82 bits per heavy atom. The maximum absolute atomic E-state index is 11.9. The van der Waals surface area contributed by atoms with Gasteiger partial charge in [-0.15, -0.1) is 11.3 Å². The van der Waals surface area contributed by atoms with Crippen molar-refractivity contribution in [1.29, 1.82) is 0 Å². The molecule has 2 N–H and O–H groups in total. The molecule has 0 radical (unpaired) electrons. The first kappa shape index (κ1) is 16.0. The highest BCUT2D eigenvalue weighted by molar-refractivity contribution is 7.13. The molecule has 2 rings (SSSR count). The third kappa shape index (κ3) is 4.56. The number of nitrogens with zero attached hydrogens (tertiary/aromatic N) is 1. The van der Waals surface area contributed by atoms with Gasteiger partial charge in [0.2, 0.25) is 0 Å². The lowest BCUT2D eigenvalue weighted by Crippen LogP contribution is -2.44. The molecule has 0 unspecified atom stereocenters. The fraction of sp³-hybridized carbons (Fsp3) is 0.267. The van der Waals surface area contributed by atoms with Crippen LogP contribution in [0.25, 0.3) is 10.6 Å². The molecule has 0 atom stereocenters. The molecule has 6 nitrogen and oxygen atoms in total. The Morgan fingerprint density at radius 1 is 1.14 bits per heavy atom. The number of thiazole rings is 1. The highest BCUT2D eigenvalue weighted by Crippen LogP contribution is 2.23. The van der Waals surface area contributed by atoms with Gasteiger partial charge in [-0.25, -0.2) is 15.2 Å². The van der Waals surface area contributed by atoms with Crippen LogP contribution in [0.2, 0.25) is 0 Å². The minimum absolute atomic E-state index is 0.236. The van der Waals surface area contributed by atoms with Crippen LogP contribution in [0.1, 0.15) is 31.3 Å². The number of ether oxygens (including phenoxy) is 1. The molecule has 1 aromatic carbocycles. The fourth-order valence-corrected chi connectivity index (χ4v) is 2.37. The quantitative estimate of drug-likeness (QED) is 0.834. The summed E-state index contributed by atoms with van der Waals surface area (Å²) in [5.74, 6) is -0.496. The SMILES string of the molecule is CC(C)(C)OC(=O)NNC(=O)c1csc(-c2ccccc2)n1. The molecule has 0 saturated heterocycles. The van der Waals surface area contributed by atoms with E-state index in [4.69, 9.17) is 4.74 Å². The molecule has 0 saturated carbocycles. The summed E-state index contributed by atoms with van der Waals surface area (Å²) in [6.07, 6.45) is -0.723. The van der Waals surface area contributed by atoms with Crippen LogP contribution >= 0.6 is 11.3 Å². The molecule has 1 aromatic heterocycles. The van der Waals surface area contributed by atoms with Gasteiger partial charge in [-0.2, -0.15) is 0 Å². The van der Waals surface area contributed by atoms with Gasteiger partial charge in [-0.3, -0.25) is 10.2 Å². The number of aromatic nitrogens is 1. The topological polar surface area (TPSA) is 80.3 Å². The Morgan fingerprint density at radius 3 is 2.45 bits per heavy atom. The van der Waals surface area contributed by atoms with Crippen molar-refractivity contribution < 1.29 is 14.3 Å². The van der Waals surface area contributed by atoms with Crippen molar-refractivity contribution in [1.82, 2.24) is 15.8 Å². The number of carbonyl (C=O) groups is 2. The summed E-state index contributed by atoms with van der Waals surface area (Å²) in [4.78, 5) is 27.6. The average molecular weight is 319 g/mol. The smallest absolute Gasteiger partial charge is 0.426 e. The van der Waals surface area contributed by atoms with E-state index in [0.29, 0.717) is 0 Å². The molecule has 7 heteroatoms. The van der Waals surface area contributed by atoms with Crippen LogP contribution in [0, 0.1) is 0 Å². The lowest BCUT2D eigenvalue weighted by atomic mass is 10.2. The number of hydrogen-bond donors (Lipinski definition) is 2. The van der Waals surface area contributed by atoms with Crippen LogP contribution in [-0.2, 0) is 4.74 Å². The maximum atomic E-state index is 11.9. The van der Waals surface area contributed by atoms with Crippen molar-refractivity contribution in [2.45, 2.75) is 26.4 Å². The van der Waals surface area contributed by atoms with E-state index < -0.39 is 17.6 Å². The summed E-state index contributed by atoms with van der Waals surface area (Å²) in [6.45, 7) is 5.21. The van der Waals surface area contributed by atoms with Crippen LogP contribution in [-0.4, -0.2) is 22.6 Å². The standard InChI is InChI=1S/C15H17N3O3S/c1-15(2,3)21-14(20)18-17-12(19)11-9-22-13(16-11)10-7-5-4-6-8-10/h4-9H,1-3H3,(H,17,19)(H,18,20). The van der Waals surface area contributed by atoms with Gasteiger partial charge in [0.15, 0.2) is 0 Å². The Balaban J connectivity index is 1.94. The van der Waals surface area contributed by atoms with Crippen molar-refractivity contribution in [3.8, 4) is 10.6 Å². The minimum atomic E-state index is -0.723. The Kier molecular flexibility index (Phi) is 4.77. The van der Waals surface area contributed by atoms with Gasteiger partial charge in [-0.05, 0) is 20.8 Å². The van der Waals surface area contributed by atoms with Crippen molar-refractivity contribution in [2.75, 3.05) is 0 Å². The van der Waals surface area contributed by atoms with Crippen molar-refractivity contribution >= 4 is 23.3 Å². The Labute approximate surface area is 132 Å². The van der Waals surface area contributed by atoms with E-state index in [0.717, 1.165) is 10.6 Å². The summed E-state index contributed by atoms with van der Waals surface area (Å²) >= 11 is 1.36. The van der Waals surface area contributed by atoms with Crippen molar-refractivity contribution in [2.24, 2.45) is 0 Å². The highest BCUT2D eigenvalue weighted by Gasteiger charge is 2.17. The van der Waals surface area contributed by atoms with Gasteiger partial charge in [-0.1, -0.05) is 30.3 Å². The fourth-order valence-electron chi connectivity index (χ4n) is 1.57. The van der Waals surface area contributed by atoms with Crippen molar-refractivity contribution in [3.05, 3.63) is 41.4 Å². The predicted molar refractivity (Wildman–Crippen MR) is 84.4 cm³/mol. The molecule has 0 aliphatic carbocycles. The van der Waals surface area contributed by atoms with Crippen LogP contribution in [0.15, 0.2) is 35.7 Å². The summed E-state index contributed by atoms with van der Waals surface area (Å²) in [5, 5.41) is 2.37. The van der Waals surface area contributed by atoms with E-state index in [1.165, 1.54) is 11.3 Å². The minimum Gasteiger partial charge on any atom is -0.443 e. The number of nitrogens with one attached hydrogen (secondary N) is 2. The Bertz CT molecular complexity index is 662. The second-order valence-corrected chi connectivity index (χ2v) is 6.34. The molecule has 0 fully saturated rings. The first-order valence-corrected chi connectivity index (χ1v) is 7.53. The summed E-state index contributed by atoms with van der Waals surface area (Å²) in [7, 11) is 0. The van der Waals surface area contributed by atoms with Gasteiger partial charge < -0.3 is 4.74 Å². The highest BCUT2D eigenvalue weighted by atomic mass is 32.1. The Hall–Kier alpha value is -2.41. The van der Waals surface area contributed by atoms with Gasteiger partial charge >= 0.3 is 6.09 Å². The molecule has 0 aliphatic heterocycles. The molecule has 0 bridgehead atoms. The first-order chi connectivity index (χ1) is 10.3. The zero-order valence-corrected chi connectivity index (χ0v) is 13.4. The van der Waals surface area contributed by atoms with Crippen LogP contribution < -0.4 is 10.9 Å². The molecule has 1 heterocycles. The van der Waals surface area contributed by atoms with E-state index in [2.05, 4.69) is 15.8 Å². The number of rotatable bonds is 2. The van der Waals surface area contributed by atoms with Crippen LogP contribution in [0.4, 0.5) is 4.79 Å². The van der Waals surface area contributed by atoms with Crippen LogP contribution in [0.3, 0.4) is 0 Å². The zero-order chi connectivity index (χ0) is 16.2. The molecule has 2 amide bonds. The monoisotopic (exact) mass is 319 g/mol. The van der Waals surface area contributed by atoms with E-state index in [1.807, 2.05) is 30.3 Å². The molecule has 0 spiro atoms. The summed E-state index contributed by atoms with van der Waals surface area (Å²) in [5.41, 5.74) is 5.00. The van der Waals surface area contributed by atoms with Gasteiger partial charge in [0.25, 0.3) is 5.91 Å². The van der Waals surface area contributed by atoms with Gasteiger partial charge in [0.1, 0.15) is 16.3 Å². The largest absolute Gasteiger partial charge is 0.443 e. The summed E-state index contributed by atoms with van der Waals surface area (Å²) < 4.78 is 5.02. The third-order valence-corrected chi connectivity index (χ3v) is 3.33. The first-order valence-electron chi connectivity index (χ1n) is 6.65.